The number of rotatable bonds is 6. The molecule has 42 heavy (non-hydrogen) atoms. The summed E-state index contributed by atoms with van der Waals surface area (Å²) < 4.78 is 0. The van der Waals surface area contributed by atoms with Crippen molar-refractivity contribution in [2.45, 2.75) is 0 Å². The van der Waals surface area contributed by atoms with Crippen molar-refractivity contribution in [3.63, 3.8) is 0 Å². The second kappa shape index (κ2) is 10.7. The van der Waals surface area contributed by atoms with Crippen LogP contribution in [0.3, 0.4) is 0 Å². The molecule has 7 rings (SSSR count). The number of ketones is 2. The topological polar surface area (TPSA) is 58.2 Å². The predicted octanol–water partition coefficient (Wildman–Crippen LogP) is 9.28. The highest BCUT2D eigenvalue weighted by atomic mass is 16.1. The van der Waals surface area contributed by atoms with Gasteiger partial charge in [0.15, 0.2) is 11.6 Å². The summed E-state index contributed by atoms with van der Waals surface area (Å²) in [4.78, 5) is 27.8. The minimum Gasteiger partial charge on any atom is -0.355 e. The van der Waals surface area contributed by atoms with Crippen molar-refractivity contribution in [2.24, 2.45) is 0 Å². The molecular formula is C38H26N2O2. The van der Waals surface area contributed by atoms with Gasteiger partial charge in [0, 0.05) is 22.5 Å². The maximum Gasteiger partial charge on any atom is 0.196 e. The first-order valence-electron chi connectivity index (χ1n) is 13.9. The van der Waals surface area contributed by atoms with Crippen molar-refractivity contribution < 1.29 is 9.59 Å². The van der Waals surface area contributed by atoms with Gasteiger partial charge in [0.1, 0.15) is 0 Å². The van der Waals surface area contributed by atoms with E-state index in [-0.39, 0.29) is 11.6 Å². The summed E-state index contributed by atoms with van der Waals surface area (Å²) in [6, 6.07) is 47.2. The second-order valence-corrected chi connectivity index (χ2v) is 10.3. The van der Waals surface area contributed by atoms with Crippen LogP contribution in [-0.4, -0.2) is 11.6 Å². The van der Waals surface area contributed by atoms with Crippen molar-refractivity contribution >= 4 is 34.3 Å². The van der Waals surface area contributed by atoms with Gasteiger partial charge in [-0.3, -0.25) is 9.59 Å². The van der Waals surface area contributed by atoms with Crippen molar-refractivity contribution in [3.05, 3.63) is 168 Å². The van der Waals surface area contributed by atoms with Crippen LogP contribution >= 0.6 is 0 Å². The van der Waals surface area contributed by atoms with E-state index in [0.717, 1.165) is 33.6 Å². The third kappa shape index (κ3) is 4.65. The van der Waals surface area contributed by atoms with Crippen LogP contribution in [0.15, 0.2) is 146 Å². The highest BCUT2D eigenvalue weighted by Crippen LogP contribution is 2.39. The molecular weight excluding hydrogens is 516 g/mol. The van der Waals surface area contributed by atoms with Gasteiger partial charge in [0.05, 0.1) is 22.5 Å². The molecule has 6 aromatic rings. The highest BCUT2D eigenvalue weighted by Gasteiger charge is 2.34. The average molecular weight is 543 g/mol. The molecule has 0 saturated carbocycles. The molecule has 0 aromatic heterocycles. The first-order chi connectivity index (χ1) is 20.7. The van der Waals surface area contributed by atoms with Crippen LogP contribution in [0.4, 0.5) is 22.7 Å². The molecule has 4 heteroatoms. The summed E-state index contributed by atoms with van der Waals surface area (Å²) in [5.41, 5.74) is 8.88. The zero-order chi connectivity index (χ0) is 28.5. The summed E-state index contributed by atoms with van der Waals surface area (Å²) in [7, 11) is 0. The smallest absolute Gasteiger partial charge is 0.196 e. The summed E-state index contributed by atoms with van der Waals surface area (Å²) in [5.74, 6) is -0.349. The molecule has 0 spiro atoms. The third-order valence-electron chi connectivity index (χ3n) is 7.62. The fourth-order valence-corrected chi connectivity index (χ4v) is 5.50. The summed E-state index contributed by atoms with van der Waals surface area (Å²) in [6.07, 6.45) is 0. The Morgan fingerprint density at radius 1 is 0.333 bits per heavy atom. The molecule has 1 aliphatic rings. The van der Waals surface area contributed by atoms with Crippen molar-refractivity contribution in [1.82, 2.24) is 0 Å². The molecule has 0 heterocycles. The van der Waals surface area contributed by atoms with Crippen molar-refractivity contribution in [3.8, 4) is 22.3 Å². The molecule has 0 unspecified atom stereocenters. The third-order valence-corrected chi connectivity index (χ3v) is 7.62. The average Bonchev–Trinajstić information content (AvgIpc) is 3.06. The van der Waals surface area contributed by atoms with Gasteiger partial charge in [0.2, 0.25) is 0 Å². The van der Waals surface area contributed by atoms with Gasteiger partial charge in [-0.05, 0) is 58.7 Å². The molecule has 0 bridgehead atoms. The Hall–Kier alpha value is -5.74. The van der Waals surface area contributed by atoms with E-state index in [1.807, 2.05) is 97.1 Å². The van der Waals surface area contributed by atoms with Gasteiger partial charge >= 0.3 is 0 Å². The zero-order valence-electron chi connectivity index (χ0n) is 22.7. The Morgan fingerprint density at radius 3 is 1.05 bits per heavy atom. The van der Waals surface area contributed by atoms with Crippen molar-refractivity contribution in [1.29, 1.82) is 0 Å². The van der Waals surface area contributed by atoms with Crippen LogP contribution in [0.5, 0.6) is 0 Å². The van der Waals surface area contributed by atoms with Crippen LogP contribution in [-0.2, 0) is 0 Å². The molecule has 0 saturated heterocycles. The van der Waals surface area contributed by atoms with Gasteiger partial charge in [-0.2, -0.15) is 0 Å². The Morgan fingerprint density at radius 2 is 0.667 bits per heavy atom. The van der Waals surface area contributed by atoms with E-state index in [9.17, 15) is 9.59 Å². The van der Waals surface area contributed by atoms with Crippen LogP contribution in [0.25, 0.3) is 22.3 Å². The number of nitrogens with one attached hydrogen (secondary N) is 2. The predicted molar refractivity (Wildman–Crippen MR) is 170 cm³/mol. The van der Waals surface area contributed by atoms with E-state index in [1.165, 1.54) is 0 Å². The van der Waals surface area contributed by atoms with E-state index >= 15 is 0 Å². The van der Waals surface area contributed by atoms with Crippen LogP contribution in [0, 0.1) is 0 Å². The van der Waals surface area contributed by atoms with Gasteiger partial charge in [-0.1, -0.05) is 109 Å². The number of carbonyl (C=O) groups is 2. The SMILES string of the molecule is O=C1c2ccccc2C(=O)c2c(Nc3ccc(-c4ccccc4)cc3)ccc(Nc3ccc(-c4ccccc4)cc3)c21. The number of benzene rings is 6. The Balaban J connectivity index is 1.25. The highest BCUT2D eigenvalue weighted by molar-refractivity contribution is 6.32. The number of anilines is 4. The first-order valence-corrected chi connectivity index (χ1v) is 13.9. The molecule has 6 aromatic carbocycles. The van der Waals surface area contributed by atoms with Gasteiger partial charge in [0.25, 0.3) is 0 Å². The molecule has 200 valence electrons. The van der Waals surface area contributed by atoms with Gasteiger partial charge in [-0.15, -0.1) is 0 Å². The fourth-order valence-electron chi connectivity index (χ4n) is 5.50. The standard InChI is InChI=1S/C38H26N2O2/c41-37-31-13-7-8-14-32(31)38(42)36-34(40-30-21-17-28(18-22-30)26-11-5-2-6-12-26)24-23-33(35(36)37)39-29-19-15-27(16-20-29)25-9-3-1-4-10-25/h1-24,39-40H. The lowest BCUT2D eigenvalue weighted by Gasteiger charge is -2.24. The van der Waals surface area contributed by atoms with E-state index in [1.54, 1.807) is 24.3 Å². The molecule has 0 atom stereocenters. The molecule has 0 aliphatic heterocycles. The summed E-state index contributed by atoms with van der Waals surface area (Å²) in [6.45, 7) is 0. The summed E-state index contributed by atoms with van der Waals surface area (Å²) in [5, 5.41) is 6.82. The molecule has 2 N–H and O–H groups in total. The number of fused-ring (bicyclic) bond motifs is 2. The van der Waals surface area contributed by atoms with E-state index in [2.05, 4.69) is 34.9 Å². The first kappa shape index (κ1) is 25.2. The number of carbonyl (C=O) groups excluding carboxylic acids is 2. The Labute approximate surface area is 244 Å². The summed E-state index contributed by atoms with van der Waals surface area (Å²) >= 11 is 0. The maximum atomic E-state index is 13.9. The maximum absolute atomic E-state index is 13.9. The molecule has 1 aliphatic carbocycles. The van der Waals surface area contributed by atoms with Gasteiger partial charge in [-0.25, -0.2) is 0 Å². The lowest BCUT2D eigenvalue weighted by atomic mass is 9.82. The van der Waals surface area contributed by atoms with Crippen LogP contribution in [0.2, 0.25) is 0 Å². The Bertz CT molecular complexity index is 1790. The molecule has 0 fully saturated rings. The molecule has 4 nitrogen and oxygen atoms in total. The van der Waals surface area contributed by atoms with Crippen molar-refractivity contribution in [2.75, 3.05) is 10.6 Å². The Kier molecular flexibility index (Phi) is 6.42. The van der Waals surface area contributed by atoms with E-state index in [4.69, 9.17) is 0 Å². The van der Waals surface area contributed by atoms with Crippen LogP contribution < -0.4 is 10.6 Å². The number of hydrogen-bond acceptors (Lipinski definition) is 4. The number of hydrogen-bond donors (Lipinski definition) is 2. The largest absolute Gasteiger partial charge is 0.355 e. The fraction of sp³-hybridized carbons (Fsp3) is 0. The minimum atomic E-state index is -0.174. The quantitative estimate of drug-likeness (QED) is 0.220. The lowest BCUT2D eigenvalue weighted by Crippen LogP contribution is -2.23. The zero-order valence-corrected chi connectivity index (χ0v) is 22.7. The van der Waals surface area contributed by atoms with E-state index < -0.39 is 0 Å². The monoisotopic (exact) mass is 542 g/mol. The minimum absolute atomic E-state index is 0.174. The lowest BCUT2D eigenvalue weighted by molar-refractivity contribution is 0.0980. The van der Waals surface area contributed by atoms with E-state index in [0.29, 0.717) is 33.6 Å². The normalized spacial score (nSPS) is 11.9. The van der Waals surface area contributed by atoms with Gasteiger partial charge < -0.3 is 10.6 Å². The molecule has 0 amide bonds. The second-order valence-electron chi connectivity index (χ2n) is 10.3. The molecule has 0 radical (unpaired) electrons. The van der Waals surface area contributed by atoms with Crippen LogP contribution in [0.1, 0.15) is 31.8 Å².